The molecule has 1 aliphatic rings. The highest BCUT2D eigenvalue weighted by molar-refractivity contribution is 5.40. The number of rotatable bonds is 1. The van der Waals surface area contributed by atoms with Crippen LogP contribution in [0.15, 0.2) is 18.2 Å². The van der Waals surface area contributed by atoms with E-state index in [-0.39, 0.29) is 6.54 Å². The van der Waals surface area contributed by atoms with Gasteiger partial charge in [0, 0.05) is 6.54 Å². The number of benzene rings is 1. The molecule has 70 valence electrons. The van der Waals surface area contributed by atoms with Gasteiger partial charge in [0.05, 0.1) is 0 Å². The zero-order valence-corrected chi connectivity index (χ0v) is 7.81. The minimum atomic E-state index is -1.26. The topological polar surface area (TPSA) is 26.0 Å². The van der Waals surface area contributed by atoms with Crippen molar-refractivity contribution in [2.24, 2.45) is 5.73 Å². The van der Waals surface area contributed by atoms with Crippen LogP contribution in [-0.2, 0) is 12.1 Å². The summed E-state index contributed by atoms with van der Waals surface area (Å²) in [4.78, 5) is 0. The molecular formula is C11H14FN. The van der Waals surface area contributed by atoms with Gasteiger partial charge < -0.3 is 5.73 Å². The van der Waals surface area contributed by atoms with E-state index in [2.05, 4.69) is 6.07 Å². The second-order valence-corrected chi connectivity index (χ2v) is 3.83. The Morgan fingerprint density at radius 3 is 3.00 bits per heavy atom. The van der Waals surface area contributed by atoms with E-state index in [1.54, 1.807) is 0 Å². The Balaban J connectivity index is 2.49. The molecule has 1 aliphatic carbocycles. The van der Waals surface area contributed by atoms with Crippen molar-refractivity contribution in [3.63, 3.8) is 0 Å². The van der Waals surface area contributed by atoms with Crippen LogP contribution in [0.3, 0.4) is 0 Å². The predicted octanol–water partition coefficient (Wildman–Crippen LogP) is 2.06. The lowest BCUT2D eigenvalue weighted by Crippen LogP contribution is -2.27. The normalized spacial score (nSPS) is 26.1. The zero-order chi connectivity index (χ0) is 9.47. The monoisotopic (exact) mass is 179 g/mol. The highest BCUT2D eigenvalue weighted by atomic mass is 19.1. The van der Waals surface area contributed by atoms with Crippen LogP contribution in [0.2, 0.25) is 0 Å². The fourth-order valence-corrected chi connectivity index (χ4v) is 2.05. The van der Waals surface area contributed by atoms with Gasteiger partial charge in [0.1, 0.15) is 5.67 Å². The Kier molecular flexibility index (Phi) is 1.88. The van der Waals surface area contributed by atoms with Crippen LogP contribution in [0.5, 0.6) is 0 Å². The minimum absolute atomic E-state index is 0.100. The van der Waals surface area contributed by atoms with E-state index in [1.165, 1.54) is 5.56 Å². The number of halogens is 1. The smallest absolute Gasteiger partial charge is 0.148 e. The molecule has 1 unspecified atom stereocenters. The number of nitrogens with two attached hydrogens (primary N) is 1. The van der Waals surface area contributed by atoms with Crippen LogP contribution in [0.4, 0.5) is 4.39 Å². The van der Waals surface area contributed by atoms with E-state index >= 15 is 0 Å². The molecule has 0 bridgehead atoms. The number of fused-ring (bicyclic) bond motifs is 1. The van der Waals surface area contributed by atoms with Crippen molar-refractivity contribution in [3.05, 3.63) is 34.9 Å². The third-order valence-corrected chi connectivity index (χ3v) is 2.86. The van der Waals surface area contributed by atoms with Crippen molar-refractivity contribution >= 4 is 0 Å². The number of hydrogen-bond donors (Lipinski definition) is 1. The van der Waals surface area contributed by atoms with Gasteiger partial charge in [-0.3, -0.25) is 0 Å². The van der Waals surface area contributed by atoms with E-state index in [0.29, 0.717) is 6.42 Å². The van der Waals surface area contributed by atoms with E-state index in [1.807, 2.05) is 19.1 Å². The van der Waals surface area contributed by atoms with E-state index in [4.69, 9.17) is 5.73 Å². The van der Waals surface area contributed by atoms with Gasteiger partial charge in [0.15, 0.2) is 0 Å². The van der Waals surface area contributed by atoms with Crippen molar-refractivity contribution in [3.8, 4) is 0 Å². The Labute approximate surface area is 77.8 Å². The first kappa shape index (κ1) is 8.70. The molecule has 0 aromatic heterocycles. The molecule has 0 radical (unpaired) electrons. The standard InChI is InChI=1S/C11H14FN/c1-8-2-3-10-9(6-8)4-5-11(10,12)7-13/h2-3,6H,4-5,7,13H2,1H3. The molecule has 2 heteroatoms. The molecular weight excluding hydrogens is 165 g/mol. The highest BCUT2D eigenvalue weighted by Gasteiger charge is 2.37. The summed E-state index contributed by atoms with van der Waals surface area (Å²) in [6.07, 6.45) is 1.37. The van der Waals surface area contributed by atoms with Crippen LogP contribution in [0, 0.1) is 6.92 Å². The van der Waals surface area contributed by atoms with Crippen molar-refractivity contribution in [2.75, 3.05) is 6.54 Å². The third kappa shape index (κ3) is 1.25. The first-order valence-corrected chi connectivity index (χ1v) is 4.65. The molecule has 2 rings (SSSR count). The lowest BCUT2D eigenvalue weighted by Gasteiger charge is -2.18. The SMILES string of the molecule is Cc1ccc2c(c1)CCC2(F)CN. The van der Waals surface area contributed by atoms with Crippen LogP contribution in [0.1, 0.15) is 23.1 Å². The maximum atomic E-state index is 14.0. The molecule has 0 amide bonds. The first-order valence-electron chi connectivity index (χ1n) is 4.65. The summed E-state index contributed by atoms with van der Waals surface area (Å²) in [6, 6.07) is 5.89. The molecule has 1 atom stereocenters. The summed E-state index contributed by atoms with van der Waals surface area (Å²) in [6.45, 7) is 2.13. The van der Waals surface area contributed by atoms with Crippen LogP contribution < -0.4 is 5.73 Å². The molecule has 0 saturated heterocycles. The third-order valence-electron chi connectivity index (χ3n) is 2.86. The maximum Gasteiger partial charge on any atom is 0.148 e. The minimum Gasteiger partial charge on any atom is -0.327 e. The quantitative estimate of drug-likeness (QED) is 0.701. The maximum absolute atomic E-state index is 14.0. The zero-order valence-electron chi connectivity index (χ0n) is 7.81. The lowest BCUT2D eigenvalue weighted by atomic mass is 9.97. The summed E-state index contributed by atoms with van der Waals surface area (Å²) in [5.74, 6) is 0. The van der Waals surface area contributed by atoms with Gasteiger partial charge in [-0.25, -0.2) is 4.39 Å². The Morgan fingerprint density at radius 2 is 2.31 bits per heavy atom. The number of hydrogen-bond acceptors (Lipinski definition) is 1. The molecule has 0 saturated carbocycles. The van der Waals surface area contributed by atoms with Gasteiger partial charge in [0.2, 0.25) is 0 Å². The largest absolute Gasteiger partial charge is 0.327 e. The van der Waals surface area contributed by atoms with Gasteiger partial charge >= 0.3 is 0 Å². The molecule has 0 fully saturated rings. The van der Waals surface area contributed by atoms with Crippen molar-refractivity contribution in [2.45, 2.75) is 25.4 Å². The molecule has 0 spiro atoms. The number of alkyl halides is 1. The molecule has 2 N–H and O–H groups in total. The van der Waals surface area contributed by atoms with Gasteiger partial charge in [-0.05, 0) is 30.9 Å². The number of aryl methyl sites for hydroxylation is 2. The summed E-state index contributed by atoms with van der Waals surface area (Å²) in [5, 5.41) is 0. The van der Waals surface area contributed by atoms with Crippen molar-refractivity contribution in [1.29, 1.82) is 0 Å². The second kappa shape index (κ2) is 2.81. The van der Waals surface area contributed by atoms with Gasteiger partial charge in [-0.15, -0.1) is 0 Å². The Morgan fingerprint density at radius 1 is 1.54 bits per heavy atom. The van der Waals surface area contributed by atoms with Gasteiger partial charge in [-0.1, -0.05) is 23.8 Å². The van der Waals surface area contributed by atoms with Crippen LogP contribution in [0.25, 0.3) is 0 Å². The van der Waals surface area contributed by atoms with E-state index < -0.39 is 5.67 Å². The van der Waals surface area contributed by atoms with E-state index in [0.717, 1.165) is 17.5 Å². The average Bonchev–Trinajstić information content (AvgIpc) is 2.45. The first-order chi connectivity index (χ1) is 6.15. The average molecular weight is 179 g/mol. The van der Waals surface area contributed by atoms with Crippen LogP contribution >= 0.6 is 0 Å². The summed E-state index contributed by atoms with van der Waals surface area (Å²) in [7, 11) is 0. The van der Waals surface area contributed by atoms with Crippen molar-refractivity contribution in [1.82, 2.24) is 0 Å². The summed E-state index contributed by atoms with van der Waals surface area (Å²) >= 11 is 0. The Bertz CT molecular complexity index is 335. The molecule has 0 aliphatic heterocycles. The fourth-order valence-electron chi connectivity index (χ4n) is 2.05. The van der Waals surface area contributed by atoms with Crippen molar-refractivity contribution < 1.29 is 4.39 Å². The summed E-state index contributed by atoms with van der Waals surface area (Å²) in [5.41, 5.74) is 7.32. The highest BCUT2D eigenvalue weighted by Crippen LogP contribution is 2.39. The molecule has 0 heterocycles. The molecule has 1 aromatic carbocycles. The predicted molar refractivity (Wildman–Crippen MR) is 51.3 cm³/mol. The second-order valence-electron chi connectivity index (χ2n) is 3.83. The molecule has 13 heavy (non-hydrogen) atoms. The Hall–Kier alpha value is -0.890. The summed E-state index contributed by atoms with van der Waals surface area (Å²) < 4.78 is 14.0. The van der Waals surface area contributed by atoms with Crippen LogP contribution in [-0.4, -0.2) is 6.54 Å². The molecule has 1 aromatic rings. The van der Waals surface area contributed by atoms with E-state index in [9.17, 15) is 4.39 Å². The lowest BCUT2D eigenvalue weighted by molar-refractivity contribution is 0.177. The van der Waals surface area contributed by atoms with Gasteiger partial charge in [-0.2, -0.15) is 0 Å². The van der Waals surface area contributed by atoms with Gasteiger partial charge in [0.25, 0.3) is 0 Å². The fraction of sp³-hybridized carbons (Fsp3) is 0.455. The molecule has 1 nitrogen and oxygen atoms in total.